The second kappa shape index (κ2) is 10.1. The number of nitrogens with one attached hydrogen (secondary N) is 2. The van der Waals surface area contributed by atoms with E-state index in [1.54, 1.807) is 0 Å². The summed E-state index contributed by atoms with van der Waals surface area (Å²) in [4.78, 5) is 11.6. The highest BCUT2D eigenvalue weighted by molar-refractivity contribution is 5.80. The first-order valence-corrected chi connectivity index (χ1v) is 7.85. The number of benzene rings is 1. The molecule has 0 aliphatic rings. The molecule has 1 aromatic rings. The van der Waals surface area contributed by atoms with Gasteiger partial charge in [-0.15, -0.1) is 0 Å². The molecule has 4 heteroatoms. The van der Waals surface area contributed by atoms with Crippen LogP contribution in [0.2, 0.25) is 0 Å². The number of unbranched alkanes of at least 4 members (excludes halogenated alkanes) is 1. The maximum Gasteiger partial charge on any atom is 0.239 e. The largest absolute Gasteiger partial charge is 0.494 e. The van der Waals surface area contributed by atoms with E-state index in [-0.39, 0.29) is 5.91 Å². The van der Waals surface area contributed by atoms with Crippen LogP contribution in [0.4, 0.5) is 5.69 Å². The molecule has 0 aliphatic carbocycles. The Morgan fingerprint density at radius 1 is 1.24 bits per heavy atom. The molecule has 0 atom stereocenters. The lowest BCUT2D eigenvalue weighted by molar-refractivity contribution is -0.119. The highest BCUT2D eigenvalue weighted by atomic mass is 16.5. The molecule has 0 saturated carbocycles. The molecule has 1 amide bonds. The molecule has 0 bridgehead atoms. The molecule has 0 unspecified atom stereocenters. The predicted octanol–water partition coefficient (Wildman–Crippen LogP) is 3.44. The normalized spacial score (nSPS) is 10.5. The Morgan fingerprint density at radius 3 is 2.57 bits per heavy atom. The van der Waals surface area contributed by atoms with Crippen molar-refractivity contribution in [2.45, 2.75) is 40.0 Å². The zero-order chi connectivity index (χ0) is 15.5. The standard InChI is InChI=1S/C17H28N2O2/c1-4-5-11-18-17(20)13-19-15-6-8-16(9-7-15)21-12-10-14(2)3/h6-9,14,19H,4-5,10-13H2,1-3H3,(H,18,20). The van der Waals surface area contributed by atoms with Crippen molar-refractivity contribution >= 4 is 11.6 Å². The van der Waals surface area contributed by atoms with Crippen molar-refractivity contribution in [3.8, 4) is 5.75 Å². The lowest BCUT2D eigenvalue weighted by Crippen LogP contribution is -2.30. The second-order valence-corrected chi connectivity index (χ2v) is 5.61. The van der Waals surface area contributed by atoms with Crippen molar-refractivity contribution in [3.63, 3.8) is 0 Å². The molecule has 0 radical (unpaired) electrons. The molecule has 21 heavy (non-hydrogen) atoms. The van der Waals surface area contributed by atoms with Crippen molar-refractivity contribution in [1.29, 1.82) is 0 Å². The Bertz CT molecular complexity index is 402. The molecular weight excluding hydrogens is 264 g/mol. The van der Waals surface area contributed by atoms with E-state index in [4.69, 9.17) is 4.74 Å². The predicted molar refractivity (Wildman–Crippen MR) is 87.8 cm³/mol. The van der Waals surface area contributed by atoms with Gasteiger partial charge in [-0.2, -0.15) is 0 Å². The highest BCUT2D eigenvalue weighted by Crippen LogP contribution is 2.16. The van der Waals surface area contributed by atoms with Gasteiger partial charge in [0.25, 0.3) is 0 Å². The van der Waals surface area contributed by atoms with Gasteiger partial charge in [-0.1, -0.05) is 27.2 Å². The van der Waals surface area contributed by atoms with E-state index in [9.17, 15) is 4.79 Å². The van der Waals surface area contributed by atoms with Gasteiger partial charge in [0, 0.05) is 12.2 Å². The number of carbonyl (C=O) groups is 1. The topological polar surface area (TPSA) is 50.4 Å². The average molecular weight is 292 g/mol. The van der Waals surface area contributed by atoms with Gasteiger partial charge in [0.2, 0.25) is 5.91 Å². The van der Waals surface area contributed by atoms with Gasteiger partial charge < -0.3 is 15.4 Å². The molecule has 0 spiro atoms. The zero-order valence-corrected chi connectivity index (χ0v) is 13.4. The Kier molecular flexibility index (Phi) is 8.32. The maximum absolute atomic E-state index is 11.6. The summed E-state index contributed by atoms with van der Waals surface area (Å²) < 4.78 is 5.66. The lowest BCUT2D eigenvalue weighted by Gasteiger charge is -2.10. The van der Waals surface area contributed by atoms with Gasteiger partial charge in [0.1, 0.15) is 5.75 Å². The fourth-order valence-electron chi connectivity index (χ4n) is 1.73. The Balaban J connectivity index is 2.25. The highest BCUT2D eigenvalue weighted by Gasteiger charge is 2.01. The molecular formula is C17H28N2O2. The van der Waals surface area contributed by atoms with E-state index in [1.165, 1.54) is 0 Å². The van der Waals surface area contributed by atoms with Crippen LogP contribution in [0, 0.1) is 5.92 Å². The Hall–Kier alpha value is -1.71. The first-order valence-electron chi connectivity index (χ1n) is 7.85. The number of amides is 1. The molecule has 2 N–H and O–H groups in total. The lowest BCUT2D eigenvalue weighted by atomic mass is 10.1. The monoisotopic (exact) mass is 292 g/mol. The van der Waals surface area contributed by atoms with Crippen LogP contribution < -0.4 is 15.4 Å². The Morgan fingerprint density at radius 2 is 1.95 bits per heavy atom. The maximum atomic E-state index is 11.6. The van der Waals surface area contributed by atoms with E-state index in [0.717, 1.165) is 43.9 Å². The van der Waals surface area contributed by atoms with Crippen molar-refractivity contribution in [3.05, 3.63) is 24.3 Å². The van der Waals surface area contributed by atoms with Crippen LogP contribution in [0.5, 0.6) is 5.75 Å². The second-order valence-electron chi connectivity index (χ2n) is 5.61. The molecule has 0 saturated heterocycles. The molecule has 0 fully saturated rings. The van der Waals surface area contributed by atoms with E-state index < -0.39 is 0 Å². The van der Waals surface area contributed by atoms with E-state index in [0.29, 0.717) is 12.5 Å². The van der Waals surface area contributed by atoms with Crippen molar-refractivity contribution < 1.29 is 9.53 Å². The summed E-state index contributed by atoms with van der Waals surface area (Å²) in [5, 5.41) is 5.98. The van der Waals surface area contributed by atoms with Gasteiger partial charge in [0.05, 0.1) is 13.2 Å². The van der Waals surface area contributed by atoms with E-state index >= 15 is 0 Å². The molecule has 118 valence electrons. The van der Waals surface area contributed by atoms with E-state index in [1.807, 2.05) is 24.3 Å². The molecule has 0 heterocycles. The molecule has 1 rings (SSSR count). The third kappa shape index (κ3) is 8.23. The third-order valence-electron chi connectivity index (χ3n) is 3.12. The van der Waals surface area contributed by atoms with Gasteiger partial charge in [-0.05, 0) is 43.0 Å². The number of anilines is 1. The van der Waals surface area contributed by atoms with Crippen molar-refractivity contribution in [1.82, 2.24) is 5.32 Å². The van der Waals surface area contributed by atoms with Gasteiger partial charge in [-0.25, -0.2) is 0 Å². The summed E-state index contributed by atoms with van der Waals surface area (Å²) >= 11 is 0. The summed E-state index contributed by atoms with van der Waals surface area (Å²) in [5.41, 5.74) is 0.928. The van der Waals surface area contributed by atoms with Crippen LogP contribution in [-0.4, -0.2) is 25.6 Å². The summed E-state index contributed by atoms with van der Waals surface area (Å²) in [6, 6.07) is 7.73. The Labute approximate surface area is 128 Å². The molecule has 1 aromatic carbocycles. The fraction of sp³-hybridized carbons (Fsp3) is 0.588. The number of ether oxygens (including phenoxy) is 1. The quantitative estimate of drug-likeness (QED) is 0.649. The first kappa shape index (κ1) is 17.3. The van der Waals surface area contributed by atoms with Crippen LogP contribution in [0.1, 0.15) is 40.0 Å². The van der Waals surface area contributed by atoms with Crippen LogP contribution in [0.15, 0.2) is 24.3 Å². The van der Waals surface area contributed by atoms with Crippen LogP contribution >= 0.6 is 0 Å². The minimum absolute atomic E-state index is 0.0284. The number of hydrogen-bond donors (Lipinski definition) is 2. The van der Waals surface area contributed by atoms with Crippen molar-refractivity contribution in [2.75, 3.05) is 25.0 Å². The van der Waals surface area contributed by atoms with Gasteiger partial charge in [-0.3, -0.25) is 4.79 Å². The summed E-state index contributed by atoms with van der Waals surface area (Å²) in [6.07, 6.45) is 3.16. The first-order chi connectivity index (χ1) is 10.1. The fourth-order valence-corrected chi connectivity index (χ4v) is 1.73. The van der Waals surface area contributed by atoms with E-state index in [2.05, 4.69) is 31.4 Å². The smallest absolute Gasteiger partial charge is 0.239 e. The average Bonchev–Trinajstić information content (AvgIpc) is 2.46. The van der Waals surface area contributed by atoms with Crippen LogP contribution in [0.3, 0.4) is 0 Å². The SMILES string of the molecule is CCCCNC(=O)CNc1ccc(OCCC(C)C)cc1. The van der Waals surface area contributed by atoms with Crippen molar-refractivity contribution in [2.24, 2.45) is 5.92 Å². The summed E-state index contributed by atoms with van der Waals surface area (Å²) in [6.45, 7) is 8.26. The number of hydrogen-bond acceptors (Lipinski definition) is 3. The summed E-state index contributed by atoms with van der Waals surface area (Å²) in [7, 11) is 0. The van der Waals surface area contributed by atoms with Crippen LogP contribution in [-0.2, 0) is 4.79 Å². The number of carbonyl (C=O) groups excluding carboxylic acids is 1. The number of rotatable bonds is 10. The third-order valence-corrected chi connectivity index (χ3v) is 3.12. The van der Waals surface area contributed by atoms with Gasteiger partial charge in [0.15, 0.2) is 0 Å². The van der Waals surface area contributed by atoms with Crippen LogP contribution in [0.25, 0.3) is 0 Å². The summed E-state index contributed by atoms with van der Waals surface area (Å²) in [5.74, 6) is 1.55. The minimum atomic E-state index is 0.0284. The minimum Gasteiger partial charge on any atom is -0.494 e. The molecule has 0 aromatic heterocycles. The zero-order valence-electron chi connectivity index (χ0n) is 13.4. The van der Waals surface area contributed by atoms with Gasteiger partial charge >= 0.3 is 0 Å². The molecule has 4 nitrogen and oxygen atoms in total. The molecule has 0 aliphatic heterocycles.